The highest BCUT2D eigenvalue weighted by molar-refractivity contribution is 7.89. The Kier molecular flexibility index (Phi) is 4.79. The molecule has 0 spiro atoms. The lowest BCUT2D eigenvalue weighted by Crippen LogP contribution is -2.44. The zero-order valence-corrected chi connectivity index (χ0v) is 13.3. The fourth-order valence-electron chi connectivity index (χ4n) is 2.15. The Hall–Kier alpha value is -0.860. The van der Waals surface area contributed by atoms with Gasteiger partial charge in [0.2, 0.25) is 10.0 Å². The van der Waals surface area contributed by atoms with Gasteiger partial charge in [0, 0.05) is 12.1 Å². The van der Waals surface area contributed by atoms with Crippen LogP contribution in [0.3, 0.4) is 0 Å². The van der Waals surface area contributed by atoms with Gasteiger partial charge in [-0.1, -0.05) is 23.2 Å². The minimum Gasteiger partial charge on any atom is -0.481 e. The number of halogens is 2. The SMILES string of the molecule is CN(C1COCC1C(=O)O)S(=O)(=O)c1cc(Cl)ccc1Cl. The Morgan fingerprint density at radius 1 is 1.38 bits per heavy atom. The lowest BCUT2D eigenvalue weighted by atomic mass is 10.1. The molecule has 116 valence electrons. The Morgan fingerprint density at radius 3 is 2.67 bits per heavy atom. The summed E-state index contributed by atoms with van der Waals surface area (Å²) in [6.07, 6.45) is 0. The molecule has 0 amide bonds. The molecule has 0 aliphatic carbocycles. The second kappa shape index (κ2) is 6.10. The van der Waals surface area contributed by atoms with Gasteiger partial charge in [0.05, 0.1) is 30.2 Å². The van der Waals surface area contributed by atoms with Crippen LogP contribution in [0.15, 0.2) is 23.1 Å². The third kappa shape index (κ3) is 3.17. The van der Waals surface area contributed by atoms with Gasteiger partial charge in [-0.05, 0) is 18.2 Å². The fourth-order valence-corrected chi connectivity index (χ4v) is 4.26. The van der Waals surface area contributed by atoms with Gasteiger partial charge in [0.25, 0.3) is 0 Å². The van der Waals surface area contributed by atoms with Gasteiger partial charge < -0.3 is 9.84 Å². The Morgan fingerprint density at radius 2 is 2.05 bits per heavy atom. The molecule has 2 rings (SSSR count). The van der Waals surface area contributed by atoms with E-state index in [0.29, 0.717) is 0 Å². The van der Waals surface area contributed by atoms with Crippen LogP contribution in [-0.2, 0) is 19.6 Å². The number of hydrogen-bond acceptors (Lipinski definition) is 4. The number of hydrogen-bond donors (Lipinski definition) is 1. The van der Waals surface area contributed by atoms with E-state index in [-0.39, 0.29) is 28.2 Å². The molecule has 1 aromatic rings. The van der Waals surface area contributed by atoms with Crippen molar-refractivity contribution in [3.63, 3.8) is 0 Å². The summed E-state index contributed by atoms with van der Waals surface area (Å²) in [6.45, 7) is -0.00593. The summed E-state index contributed by atoms with van der Waals surface area (Å²) >= 11 is 11.7. The Labute approximate surface area is 132 Å². The first-order chi connectivity index (χ1) is 9.75. The first kappa shape index (κ1) is 16.5. The van der Waals surface area contributed by atoms with Crippen LogP contribution in [0.2, 0.25) is 10.0 Å². The number of sulfonamides is 1. The lowest BCUT2D eigenvalue weighted by molar-refractivity contribution is -0.142. The summed E-state index contributed by atoms with van der Waals surface area (Å²) in [4.78, 5) is 11.0. The molecule has 0 radical (unpaired) electrons. The molecule has 1 aliphatic rings. The maximum absolute atomic E-state index is 12.6. The van der Waals surface area contributed by atoms with Gasteiger partial charge >= 0.3 is 5.97 Å². The van der Waals surface area contributed by atoms with Crippen molar-refractivity contribution in [1.82, 2.24) is 4.31 Å². The second-order valence-corrected chi connectivity index (χ2v) is 7.46. The van der Waals surface area contributed by atoms with Crippen LogP contribution in [0.5, 0.6) is 0 Å². The summed E-state index contributed by atoms with van der Waals surface area (Å²) in [5, 5.41) is 9.37. The predicted octanol–water partition coefficient (Wildman–Crippen LogP) is 1.71. The molecular formula is C12H13Cl2NO5S. The molecule has 9 heteroatoms. The summed E-state index contributed by atoms with van der Waals surface area (Å²) in [5.74, 6) is -2.01. The van der Waals surface area contributed by atoms with Crippen molar-refractivity contribution in [1.29, 1.82) is 0 Å². The fraction of sp³-hybridized carbons (Fsp3) is 0.417. The first-order valence-corrected chi connectivity index (χ1v) is 8.18. The number of nitrogens with zero attached hydrogens (tertiary/aromatic N) is 1. The molecule has 1 fully saturated rings. The maximum atomic E-state index is 12.6. The molecular weight excluding hydrogens is 341 g/mol. The van der Waals surface area contributed by atoms with E-state index in [1.807, 2.05) is 0 Å². The van der Waals surface area contributed by atoms with Gasteiger partial charge in [-0.25, -0.2) is 8.42 Å². The second-order valence-electron chi connectivity index (χ2n) is 4.65. The van der Waals surface area contributed by atoms with Crippen molar-refractivity contribution in [2.24, 2.45) is 5.92 Å². The molecule has 0 bridgehead atoms. The Balaban J connectivity index is 2.39. The van der Waals surface area contributed by atoms with Crippen LogP contribution in [0.1, 0.15) is 0 Å². The minimum atomic E-state index is -3.97. The zero-order valence-electron chi connectivity index (χ0n) is 11.0. The Bertz CT molecular complexity index is 664. The number of carboxylic acid groups (broad SMARTS) is 1. The van der Waals surface area contributed by atoms with Crippen molar-refractivity contribution in [2.75, 3.05) is 20.3 Å². The molecule has 6 nitrogen and oxygen atoms in total. The van der Waals surface area contributed by atoms with Crippen LogP contribution >= 0.6 is 23.2 Å². The number of ether oxygens (including phenoxy) is 1. The summed E-state index contributed by atoms with van der Waals surface area (Å²) in [7, 11) is -2.66. The molecule has 1 aromatic carbocycles. The standard InChI is InChI=1S/C12H13Cl2NO5S/c1-15(10-6-20-5-8(10)12(16)17)21(18,19)11-4-7(13)2-3-9(11)14/h2-4,8,10H,5-6H2,1H3,(H,16,17). The van der Waals surface area contributed by atoms with E-state index in [2.05, 4.69) is 0 Å². The van der Waals surface area contributed by atoms with Crippen molar-refractivity contribution < 1.29 is 23.1 Å². The van der Waals surface area contributed by atoms with Crippen molar-refractivity contribution >= 4 is 39.2 Å². The number of benzene rings is 1. The van der Waals surface area contributed by atoms with E-state index < -0.39 is 28.0 Å². The average Bonchev–Trinajstić information content (AvgIpc) is 2.89. The smallest absolute Gasteiger partial charge is 0.310 e. The summed E-state index contributed by atoms with van der Waals surface area (Å²) in [6, 6.07) is 3.30. The van der Waals surface area contributed by atoms with Crippen LogP contribution in [0.25, 0.3) is 0 Å². The minimum absolute atomic E-state index is 0.0187. The van der Waals surface area contributed by atoms with Gasteiger partial charge in [-0.2, -0.15) is 4.31 Å². The van der Waals surface area contributed by atoms with E-state index in [1.54, 1.807) is 0 Å². The number of rotatable bonds is 4. The number of carboxylic acids is 1. The molecule has 1 heterocycles. The van der Waals surface area contributed by atoms with Crippen LogP contribution < -0.4 is 0 Å². The van der Waals surface area contributed by atoms with Gasteiger partial charge in [-0.15, -0.1) is 0 Å². The quantitative estimate of drug-likeness (QED) is 0.890. The molecule has 1 saturated heterocycles. The van der Waals surface area contributed by atoms with Gasteiger partial charge in [0.15, 0.2) is 0 Å². The molecule has 2 atom stereocenters. The highest BCUT2D eigenvalue weighted by Gasteiger charge is 2.41. The maximum Gasteiger partial charge on any atom is 0.310 e. The highest BCUT2D eigenvalue weighted by Crippen LogP contribution is 2.30. The van der Waals surface area contributed by atoms with Gasteiger partial charge in [-0.3, -0.25) is 4.79 Å². The third-order valence-corrected chi connectivity index (χ3v) is 5.98. The monoisotopic (exact) mass is 353 g/mol. The van der Waals surface area contributed by atoms with E-state index in [0.717, 1.165) is 4.31 Å². The van der Waals surface area contributed by atoms with E-state index in [4.69, 9.17) is 33.0 Å². The number of likely N-dealkylation sites (N-methyl/N-ethyl adjacent to an activating group) is 1. The molecule has 21 heavy (non-hydrogen) atoms. The van der Waals surface area contributed by atoms with Crippen LogP contribution in [-0.4, -0.2) is 50.1 Å². The van der Waals surface area contributed by atoms with E-state index >= 15 is 0 Å². The first-order valence-electron chi connectivity index (χ1n) is 5.99. The van der Waals surface area contributed by atoms with E-state index in [9.17, 15) is 13.2 Å². The molecule has 2 unspecified atom stereocenters. The zero-order chi connectivity index (χ0) is 15.8. The van der Waals surface area contributed by atoms with E-state index in [1.165, 1.54) is 25.2 Å². The van der Waals surface area contributed by atoms with Crippen molar-refractivity contribution in [3.05, 3.63) is 28.2 Å². The number of carbonyl (C=O) groups is 1. The normalized spacial score (nSPS) is 22.7. The average molecular weight is 354 g/mol. The topological polar surface area (TPSA) is 83.9 Å². The van der Waals surface area contributed by atoms with Crippen molar-refractivity contribution in [3.8, 4) is 0 Å². The molecule has 1 aliphatic heterocycles. The third-order valence-electron chi connectivity index (χ3n) is 3.39. The van der Waals surface area contributed by atoms with Crippen LogP contribution in [0.4, 0.5) is 0 Å². The summed E-state index contributed by atoms with van der Waals surface area (Å²) < 4.78 is 31.3. The van der Waals surface area contributed by atoms with Crippen LogP contribution in [0, 0.1) is 5.92 Å². The summed E-state index contributed by atoms with van der Waals surface area (Å²) in [5.41, 5.74) is 0. The molecule has 1 N–H and O–H groups in total. The lowest BCUT2D eigenvalue weighted by Gasteiger charge is -2.26. The highest BCUT2D eigenvalue weighted by atomic mass is 35.5. The van der Waals surface area contributed by atoms with Crippen molar-refractivity contribution in [2.45, 2.75) is 10.9 Å². The largest absolute Gasteiger partial charge is 0.481 e. The number of aliphatic carboxylic acids is 1. The molecule has 0 aromatic heterocycles. The van der Waals surface area contributed by atoms with Gasteiger partial charge in [0.1, 0.15) is 4.90 Å². The predicted molar refractivity (Wildman–Crippen MR) is 77.1 cm³/mol. The molecule has 0 saturated carbocycles.